The Morgan fingerprint density at radius 2 is 1.92 bits per heavy atom. The predicted molar refractivity (Wildman–Crippen MR) is 96.3 cm³/mol. The molecule has 0 unspecified atom stereocenters. The van der Waals surface area contributed by atoms with Gasteiger partial charge >= 0.3 is 0 Å². The zero-order valence-electron chi connectivity index (χ0n) is 13.0. The molecule has 1 heterocycles. The fourth-order valence-corrected chi connectivity index (χ4v) is 3.04. The van der Waals surface area contributed by atoms with Crippen LogP contribution in [0.1, 0.15) is 5.56 Å². The van der Waals surface area contributed by atoms with E-state index in [1.807, 2.05) is 0 Å². The lowest BCUT2D eigenvalue weighted by molar-refractivity contribution is 0.477. The Hall–Kier alpha value is -2.86. The highest BCUT2D eigenvalue weighted by molar-refractivity contribution is 7.90. The minimum atomic E-state index is -3.32. The highest BCUT2D eigenvalue weighted by Gasteiger charge is 2.11. The number of sulfone groups is 1. The molecule has 0 bridgehead atoms. The molecule has 0 amide bonds. The van der Waals surface area contributed by atoms with Crippen LogP contribution < -0.4 is 5.32 Å². The summed E-state index contributed by atoms with van der Waals surface area (Å²) in [5, 5.41) is 13.8. The summed E-state index contributed by atoms with van der Waals surface area (Å²) >= 11 is 0. The Kier molecular flexibility index (Phi) is 3.99. The van der Waals surface area contributed by atoms with Crippen molar-refractivity contribution in [2.24, 2.45) is 0 Å². The Labute approximate surface area is 140 Å². The number of rotatable bonds is 4. The van der Waals surface area contributed by atoms with Gasteiger partial charge in [0.2, 0.25) is 0 Å². The second-order valence-electron chi connectivity index (χ2n) is 5.42. The fourth-order valence-electron chi connectivity index (χ4n) is 2.39. The molecule has 0 saturated carbocycles. The number of benzene rings is 2. The number of hydrogen-bond donors (Lipinski definition) is 2. The minimum Gasteiger partial charge on any atom is -0.506 e. The maximum absolute atomic E-state index is 11.8. The van der Waals surface area contributed by atoms with Crippen LogP contribution >= 0.6 is 0 Å². The van der Waals surface area contributed by atoms with Gasteiger partial charge in [0.25, 0.3) is 0 Å². The number of nitrogens with zero attached hydrogens (tertiary/aromatic N) is 1. The van der Waals surface area contributed by atoms with E-state index >= 15 is 0 Å². The number of phenolic OH excluding ortho intramolecular Hbond substituents is 1. The van der Waals surface area contributed by atoms with Gasteiger partial charge in [-0.05, 0) is 42.0 Å². The molecule has 0 aliphatic carbocycles. The Morgan fingerprint density at radius 3 is 2.62 bits per heavy atom. The van der Waals surface area contributed by atoms with Gasteiger partial charge in [0.1, 0.15) is 5.75 Å². The number of aromatic hydroxyl groups is 1. The molecule has 2 aromatic carbocycles. The normalized spacial score (nSPS) is 11.4. The maximum Gasteiger partial charge on any atom is 0.175 e. The first-order valence-corrected chi connectivity index (χ1v) is 9.09. The number of hydrogen-bond acceptors (Lipinski definition) is 5. The van der Waals surface area contributed by atoms with Crippen LogP contribution in [0, 0.1) is 0 Å². The molecule has 6 heteroatoms. The second kappa shape index (κ2) is 5.98. The average Bonchev–Trinajstić information content (AvgIpc) is 2.56. The molecule has 122 valence electrons. The van der Waals surface area contributed by atoms with Crippen molar-refractivity contribution in [3.05, 3.63) is 60.8 Å². The largest absolute Gasteiger partial charge is 0.506 e. The first-order chi connectivity index (χ1) is 11.4. The molecule has 5 nitrogen and oxygen atoms in total. The molecular weight excluding hydrogens is 324 g/mol. The van der Waals surface area contributed by atoms with E-state index in [-0.39, 0.29) is 10.6 Å². The van der Waals surface area contributed by atoms with E-state index in [0.29, 0.717) is 22.3 Å². The van der Waals surface area contributed by atoms with Crippen LogP contribution in [-0.2, 0) is 9.84 Å². The number of phenols is 1. The molecule has 0 saturated heterocycles. The lowest BCUT2D eigenvalue weighted by Crippen LogP contribution is -1.98. The van der Waals surface area contributed by atoms with E-state index in [0.717, 1.165) is 11.8 Å². The van der Waals surface area contributed by atoms with Crippen LogP contribution in [0.25, 0.3) is 17.0 Å². The molecule has 3 rings (SSSR count). The standard InChI is InChI=1S/C18H16N2O3S/c1-3-12-4-7-18(21)17(10-12)20-16-8-9-19-15-6-5-13(11-14(15)16)24(2,22)23/h3-11,21H,1H2,2H3,(H,19,20). The summed E-state index contributed by atoms with van der Waals surface area (Å²) in [5.74, 6) is 0.0878. The first-order valence-electron chi connectivity index (χ1n) is 7.20. The van der Waals surface area contributed by atoms with Crippen molar-refractivity contribution in [1.82, 2.24) is 4.98 Å². The lowest BCUT2D eigenvalue weighted by Gasteiger charge is -2.12. The summed E-state index contributed by atoms with van der Waals surface area (Å²) in [4.78, 5) is 4.47. The second-order valence-corrected chi connectivity index (χ2v) is 7.43. The van der Waals surface area contributed by atoms with Crippen molar-refractivity contribution < 1.29 is 13.5 Å². The summed E-state index contributed by atoms with van der Waals surface area (Å²) in [6.07, 6.45) is 4.47. The Bertz CT molecular complexity index is 1040. The van der Waals surface area contributed by atoms with Crippen molar-refractivity contribution in [2.45, 2.75) is 4.90 Å². The molecule has 2 N–H and O–H groups in total. The third-order valence-corrected chi connectivity index (χ3v) is 4.78. The lowest BCUT2D eigenvalue weighted by atomic mass is 10.1. The van der Waals surface area contributed by atoms with Gasteiger partial charge in [-0.15, -0.1) is 0 Å². The van der Waals surface area contributed by atoms with Crippen LogP contribution in [0.15, 0.2) is 60.1 Å². The highest BCUT2D eigenvalue weighted by Crippen LogP contribution is 2.32. The number of aromatic nitrogens is 1. The summed E-state index contributed by atoms with van der Waals surface area (Å²) < 4.78 is 23.6. The van der Waals surface area contributed by atoms with Gasteiger partial charge in [0.15, 0.2) is 9.84 Å². The Balaban J connectivity index is 2.14. The van der Waals surface area contributed by atoms with E-state index in [1.165, 1.54) is 6.07 Å². The first kappa shape index (κ1) is 16.0. The smallest absolute Gasteiger partial charge is 0.175 e. The van der Waals surface area contributed by atoms with Gasteiger partial charge in [-0.2, -0.15) is 0 Å². The van der Waals surface area contributed by atoms with E-state index in [4.69, 9.17) is 0 Å². The summed E-state index contributed by atoms with van der Waals surface area (Å²) in [7, 11) is -3.32. The monoisotopic (exact) mass is 340 g/mol. The molecular formula is C18H16N2O3S. The van der Waals surface area contributed by atoms with Crippen molar-refractivity contribution in [3.63, 3.8) is 0 Å². The van der Waals surface area contributed by atoms with Crippen LogP contribution in [0.2, 0.25) is 0 Å². The maximum atomic E-state index is 11.8. The summed E-state index contributed by atoms with van der Waals surface area (Å²) in [6.45, 7) is 3.71. The van der Waals surface area contributed by atoms with E-state index in [2.05, 4.69) is 16.9 Å². The molecule has 1 aromatic heterocycles. The fraction of sp³-hybridized carbons (Fsp3) is 0.0556. The molecule has 0 radical (unpaired) electrons. The summed E-state index contributed by atoms with van der Waals surface area (Å²) in [6, 6.07) is 11.6. The molecule has 0 aliphatic heterocycles. The third kappa shape index (κ3) is 3.09. The SMILES string of the molecule is C=Cc1ccc(O)c(Nc2ccnc3ccc(S(C)(=O)=O)cc23)c1. The van der Waals surface area contributed by atoms with Crippen LogP contribution in [-0.4, -0.2) is 24.8 Å². The molecule has 24 heavy (non-hydrogen) atoms. The third-order valence-electron chi connectivity index (χ3n) is 3.67. The van der Waals surface area contributed by atoms with Gasteiger partial charge in [-0.25, -0.2) is 8.42 Å². The zero-order valence-corrected chi connectivity index (χ0v) is 13.8. The van der Waals surface area contributed by atoms with Gasteiger partial charge in [-0.3, -0.25) is 4.98 Å². The molecule has 0 spiro atoms. The van der Waals surface area contributed by atoms with Crippen molar-refractivity contribution in [3.8, 4) is 5.75 Å². The number of nitrogens with one attached hydrogen (secondary N) is 1. The predicted octanol–water partition coefficient (Wildman–Crippen LogP) is 3.73. The minimum absolute atomic E-state index is 0.0878. The summed E-state index contributed by atoms with van der Waals surface area (Å²) in [5.41, 5.74) is 2.67. The van der Waals surface area contributed by atoms with Gasteiger partial charge in [0.05, 0.1) is 16.1 Å². The highest BCUT2D eigenvalue weighted by atomic mass is 32.2. The molecule has 3 aromatic rings. The van der Waals surface area contributed by atoms with Crippen LogP contribution in [0.3, 0.4) is 0 Å². The van der Waals surface area contributed by atoms with E-state index in [9.17, 15) is 13.5 Å². The topological polar surface area (TPSA) is 79.3 Å². The molecule has 0 atom stereocenters. The van der Waals surface area contributed by atoms with Crippen molar-refractivity contribution in [2.75, 3.05) is 11.6 Å². The van der Waals surface area contributed by atoms with Gasteiger partial charge in [0, 0.05) is 23.5 Å². The van der Waals surface area contributed by atoms with E-state index < -0.39 is 9.84 Å². The number of pyridine rings is 1. The van der Waals surface area contributed by atoms with Crippen molar-refractivity contribution in [1.29, 1.82) is 0 Å². The Morgan fingerprint density at radius 1 is 1.12 bits per heavy atom. The molecule has 0 aliphatic rings. The number of fused-ring (bicyclic) bond motifs is 1. The van der Waals surface area contributed by atoms with Crippen LogP contribution in [0.5, 0.6) is 5.75 Å². The van der Waals surface area contributed by atoms with Gasteiger partial charge in [-0.1, -0.05) is 18.7 Å². The van der Waals surface area contributed by atoms with Gasteiger partial charge < -0.3 is 10.4 Å². The zero-order chi connectivity index (χ0) is 17.3. The van der Waals surface area contributed by atoms with Crippen LogP contribution in [0.4, 0.5) is 11.4 Å². The molecule has 0 fully saturated rings. The number of anilines is 2. The van der Waals surface area contributed by atoms with Crippen molar-refractivity contribution >= 4 is 38.2 Å². The average molecular weight is 340 g/mol. The quantitative estimate of drug-likeness (QED) is 0.708. The van der Waals surface area contributed by atoms with E-state index in [1.54, 1.807) is 48.7 Å².